The maximum atomic E-state index is 14.6. The smallest absolute Gasteiger partial charge is 0.266 e. The zero-order valence-corrected chi connectivity index (χ0v) is 18.2. The fraction of sp³-hybridized carbons (Fsp3) is 0.200. The van der Waals surface area contributed by atoms with Crippen LogP contribution in [0.5, 0.6) is 5.75 Å². The summed E-state index contributed by atoms with van der Waals surface area (Å²) in [5.74, 6) is -0.830. The number of ether oxygens (including phenoxy) is 1. The second kappa shape index (κ2) is 8.65. The van der Waals surface area contributed by atoms with E-state index in [4.69, 9.17) is 9.72 Å². The van der Waals surface area contributed by atoms with Gasteiger partial charge in [-0.05, 0) is 55.3 Å². The summed E-state index contributed by atoms with van der Waals surface area (Å²) in [6.45, 7) is 0.755. The lowest BCUT2D eigenvalue weighted by Gasteiger charge is -2.20. The Morgan fingerprint density at radius 2 is 2.06 bits per heavy atom. The van der Waals surface area contributed by atoms with E-state index in [1.165, 1.54) is 42.1 Å². The number of methoxy groups -OCH3 is 1. The van der Waals surface area contributed by atoms with Crippen LogP contribution in [0.25, 0.3) is 27.7 Å². The van der Waals surface area contributed by atoms with E-state index < -0.39 is 17.3 Å². The number of rotatable bonds is 4. The van der Waals surface area contributed by atoms with Gasteiger partial charge in [0.05, 0.1) is 41.4 Å². The van der Waals surface area contributed by atoms with Crippen LogP contribution in [-0.2, 0) is 0 Å². The Bertz CT molecular complexity index is 1520. The van der Waals surface area contributed by atoms with Gasteiger partial charge in [0.15, 0.2) is 11.6 Å². The van der Waals surface area contributed by atoms with E-state index in [0.717, 1.165) is 19.4 Å². The van der Waals surface area contributed by atoms with Gasteiger partial charge in [-0.2, -0.15) is 9.65 Å². The molecule has 1 aliphatic heterocycles. The molecule has 0 amide bonds. The topological polar surface area (TPSA) is 92.8 Å². The summed E-state index contributed by atoms with van der Waals surface area (Å²) < 4.78 is 34.9. The predicted octanol–water partition coefficient (Wildman–Crippen LogP) is 4.03. The van der Waals surface area contributed by atoms with Crippen molar-refractivity contribution < 1.29 is 13.5 Å². The average Bonchev–Trinajstić information content (AvgIpc) is 3.38. The molecule has 34 heavy (non-hydrogen) atoms. The van der Waals surface area contributed by atoms with Gasteiger partial charge < -0.3 is 10.1 Å². The van der Waals surface area contributed by atoms with Crippen molar-refractivity contribution in [3.8, 4) is 28.6 Å². The highest BCUT2D eigenvalue weighted by atomic mass is 19.1. The average molecular weight is 459 g/mol. The third-order valence-electron chi connectivity index (χ3n) is 5.93. The first kappa shape index (κ1) is 21.7. The predicted molar refractivity (Wildman–Crippen MR) is 122 cm³/mol. The Morgan fingerprint density at radius 1 is 1.21 bits per heavy atom. The molecule has 1 atom stereocenters. The first-order chi connectivity index (χ1) is 16.5. The fourth-order valence-electron chi connectivity index (χ4n) is 4.34. The molecular weight excluding hydrogens is 440 g/mol. The van der Waals surface area contributed by atoms with Crippen LogP contribution in [0.4, 0.5) is 8.78 Å². The molecule has 0 radical (unpaired) electrons. The van der Waals surface area contributed by atoms with Gasteiger partial charge in [-0.3, -0.25) is 9.36 Å². The molecule has 7 nitrogen and oxygen atoms in total. The maximum absolute atomic E-state index is 14.6. The number of hydrogen-bond donors (Lipinski definition) is 1. The molecule has 0 aliphatic carbocycles. The fourth-order valence-corrected chi connectivity index (χ4v) is 4.34. The first-order valence-electron chi connectivity index (χ1n) is 10.7. The lowest BCUT2D eigenvalue weighted by Crippen LogP contribution is -2.29. The lowest BCUT2D eigenvalue weighted by molar-refractivity contribution is 0.386. The van der Waals surface area contributed by atoms with Gasteiger partial charge in [-0.1, -0.05) is 0 Å². The number of nitriles is 1. The van der Waals surface area contributed by atoms with E-state index >= 15 is 0 Å². The van der Waals surface area contributed by atoms with Gasteiger partial charge in [-0.25, -0.2) is 14.4 Å². The Morgan fingerprint density at radius 3 is 2.74 bits per heavy atom. The van der Waals surface area contributed by atoms with Crippen LogP contribution in [0.15, 0.2) is 53.5 Å². The molecule has 1 saturated heterocycles. The molecule has 1 unspecified atom stereocenters. The standard InChI is InChI=1S/C25H19F2N5O2/c1-34-21-5-4-16(12-19(21)26)32-24(20-3-2-7-29-20)31-23-17(15-6-8-30-22(27)11-15)9-14(13-28)10-18(23)25(32)33/h4-6,8-12,20,29H,2-3,7H2,1H3. The van der Waals surface area contributed by atoms with Gasteiger partial charge in [0.1, 0.15) is 5.82 Å². The SMILES string of the molecule is COc1ccc(-n2c(C3CCCN3)nc3c(-c4ccnc(F)c4)cc(C#N)cc3c2=O)cc1F. The van der Waals surface area contributed by atoms with Crippen molar-refractivity contribution in [1.82, 2.24) is 19.9 Å². The van der Waals surface area contributed by atoms with Crippen LogP contribution >= 0.6 is 0 Å². The van der Waals surface area contributed by atoms with E-state index in [1.54, 1.807) is 18.2 Å². The van der Waals surface area contributed by atoms with E-state index in [9.17, 15) is 18.8 Å². The number of halogens is 2. The first-order valence-corrected chi connectivity index (χ1v) is 10.7. The molecule has 0 spiro atoms. The number of aromatic nitrogens is 3. The summed E-state index contributed by atoms with van der Waals surface area (Å²) in [6.07, 6.45) is 2.95. The number of benzene rings is 2. The van der Waals surface area contributed by atoms with E-state index in [0.29, 0.717) is 28.2 Å². The Balaban J connectivity index is 1.86. The highest BCUT2D eigenvalue weighted by Crippen LogP contribution is 2.31. The van der Waals surface area contributed by atoms with Crippen molar-refractivity contribution in [2.45, 2.75) is 18.9 Å². The van der Waals surface area contributed by atoms with Crippen LogP contribution in [0.3, 0.4) is 0 Å². The van der Waals surface area contributed by atoms with Crippen LogP contribution < -0.4 is 15.6 Å². The van der Waals surface area contributed by atoms with Crippen molar-refractivity contribution in [3.05, 3.63) is 82.2 Å². The number of nitrogens with zero attached hydrogens (tertiary/aromatic N) is 4. The highest BCUT2D eigenvalue weighted by molar-refractivity contribution is 5.94. The maximum Gasteiger partial charge on any atom is 0.266 e. The van der Waals surface area contributed by atoms with E-state index in [2.05, 4.69) is 16.4 Å². The zero-order chi connectivity index (χ0) is 23.8. The van der Waals surface area contributed by atoms with Crippen LogP contribution in [-0.4, -0.2) is 28.2 Å². The van der Waals surface area contributed by atoms with E-state index in [-0.39, 0.29) is 22.7 Å². The Labute approximate surface area is 193 Å². The zero-order valence-electron chi connectivity index (χ0n) is 18.2. The van der Waals surface area contributed by atoms with E-state index in [1.807, 2.05) is 0 Å². The highest BCUT2D eigenvalue weighted by Gasteiger charge is 2.26. The minimum atomic E-state index is -0.687. The van der Waals surface area contributed by atoms with Crippen molar-refractivity contribution >= 4 is 10.9 Å². The monoisotopic (exact) mass is 459 g/mol. The number of hydrogen-bond acceptors (Lipinski definition) is 6. The third kappa shape index (κ3) is 3.68. The quantitative estimate of drug-likeness (QED) is 0.463. The van der Waals surface area contributed by atoms with Crippen LogP contribution in [0.2, 0.25) is 0 Å². The molecule has 5 rings (SSSR count). The second-order valence-corrected chi connectivity index (χ2v) is 7.98. The summed E-state index contributed by atoms with van der Waals surface area (Å²) in [5.41, 5.74) is 1.28. The molecule has 1 fully saturated rings. The molecule has 1 aliphatic rings. The summed E-state index contributed by atoms with van der Waals surface area (Å²) in [5, 5.41) is 13.1. The number of nitrogens with one attached hydrogen (secondary N) is 1. The lowest BCUT2D eigenvalue weighted by atomic mass is 10.00. The summed E-state index contributed by atoms with van der Waals surface area (Å²) in [7, 11) is 1.36. The molecule has 1 N–H and O–H groups in total. The van der Waals surface area contributed by atoms with Gasteiger partial charge >= 0.3 is 0 Å². The molecule has 2 aromatic carbocycles. The third-order valence-corrected chi connectivity index (χ3v) is 5.93. The summed E-state index contributed by atoms with van der Waals surface area (Å²) >= 11 is 0. The summed E-state index contributed by atoms with van der Waals surface area (Å²) in [6, 6.07) is 11.9. The van der Waals surface area contributed by atoms with Gasteiger partial charge in [-0.15, -0.1) is 0 Å². The minimum Gasteiger partial charge on any atom is -0.494 e. The molecular formula is C25H19F2N5O2. The minimum absolute atomic E-state index is 0.0554. The molecule has 2 aromatic heterocycles. The number of fused-ring (bicyclic) bond motifs is 1. The molecule has 9 heteroatoms. The summed E-state index contributed by atoms with van der Waals surface area (Å²) in [4.78, 5) is 22.3. The largest absolute Gasteiger partial charge is 0.494 e. The van der Waals surface area contributed by atoms with Crippen LogP contribution in [0.1, 0.15) is 30.3 Å². The second-order valence-electron chi connectivity index (χ2n) is 7.98. The van der Waals surface area contributed by atoms with Crippen molar-refractivity contribution in [3.63, 3.8) is 0 Å². The van der Waals surface area contributed by atoms with Crippen LogP contribution in [0, 0.1) is 23.1 Å². The number of pyridine rings is 1. The van der Waals surface area contributed by atoms with Gasteiger partial charge in [0.2, 0.25) is 5.95 Å². The van der Waals surface area contributed by atoms with Gasteiger partial charge in [0, 0.05) is 23.9 Å². The van der Waals surface area contributed by atoms with Crippen molar-refractivity contribution in [1.29, 1.82) is 5.26 Å². The molecule has 4 aromatic rings. The van der Waals surface area contributed by atoms with Gasteiger partial charge in [0.25, 0.3) is 5.56 Å². The van der Waals surface area contributed by atoms with Crippen molar-refractivity contribution in [2.75, 3.05) is 13.7 Å². The molecule has 0 bridgehead atoms. The molecule has 170 valence electrons. The molecule has 0 saturated carbocycles. The Kier molecular flexibility index (Phi) is 5.51. The normalized spacial score (nSPS) is 15.4. The Hall–Kier alpha value is -4.16. The van der Waals surface area contributed by atoms with Crippen molar-refractivity contribution in [2.24, 2.45) is 0 Å². The molecule has 3 heterocycles.